The molecule has 2 aromatic carbocycles. The van der Waals surface area contributed by atoms with E-state index in [1.54, 1.807) is 0 Å². The predicted molar refractivity (Wildman–Crippen MR) is 98.5 cm³/mol. The van der Waals surface area contributed by atoms with Gasteiger partial charge in [-0.1, -0.05) is 25.1 Å². The Bertz CT molecular complexity index is 993. The number of pyridine rings is 1. The molecule has 1 aromatic heterocycles. The lowest BCUT2D eigenvalue weighted by atomic mass is 10.0. The van der Waals surface area contributed by atoms with Crippen molar-refractivity contribution in [1.29, 1.82) is 0 Å². The van der Waals surface area contributed by atoms with Crippen LogP contribution in [-0.2, 0) is 17.4 Å². The van der Waals surface area contributed by atoms with Crippen molar-refractivity contribution in [2.45, 2.75) is 20.3 Å². The highest BCUT2D eigenvalue weighted by Gasteiger charge is 2.14. The lowest BCUT2D eigenvalue weighted by Gasteiger charge is -2.09. The summed E-state index contributed by atoms with van der Waals surface area (Å²) < 4.78 is 35.1. The van der Waals surface area contributed by atoms with Gasteiger partial charge in [-0.05, 0) is 24.6 Å². The highest BCUT2D eigenvalue weighted by atomic mass is 32.3. The summed E-state index contributed by atoms with van der Waals surface area (Å²) in [5.74, 6) is 0. The zero-order chi connectivity index (χ0) is 18.6. The van der Waals surface area contributed by atoms with Gasteiger partial charge in [0.25, 0.3) is 0 Å². The first-order valence-corrected chi connectivity index (χ1v) is 9.32. The highest BCUT2D eigenvalue weighted by molar-refractivity contribution is 7.79. The number of aromatic nitrogens is 1. The average Bonchev–Trinajstić information content (AvgIpc) is 2.56. The Morgan fingerprint density at radius 1 is 1.12 bits per heavy atom. The molecule has 0 unspecified atom stereocenters. The maximum atomic E-state index is 8.63. The van der Waals surface area contributed by atoms with E-state index in [2.05, 4.69) is 73.2 Å². The van der Waals surface area contributed by atoms with Gasteiger partial charge in [0.1, 0.15) is 7.05 Å². The van der Waals surface area contributed by atoms with Crippen LogP contribution in [0.4, 0.5) is 5.69 Å². The van der Waals surface area contributed by atoms with Gasteiger partial charge in [-0.25, -0.2) is 8.42 Å². The van der Waals surface area contributed by atoms with E-state index in [9.17, 15) is 0 Å². The van der Waals surface area contributed by atoms with Gasteiger partial charge in [0.15, 0.2) is 5.69 Å². The quantitative estimate of drug-likeness (QED) is 0.323. The molecule has 0 bridgehead atoms. The van der Waals surface area contributed by atoms with E-state index in [-0.39, 0.29) is 0 Å². The molecule has 25 heavy (non-hydrogen) atoms. The summed E-state index contributed by atoms with van der Waals surface area (Å²) in [6.45, 7) is 5.40. The number of hydrogen-bond acceptors (Lipinski definition) is 4. The van der Waals surface area contributed by atoms with E-state index in [1.807, 2.05) is 0 Å². The third-order valence-electron chi connectivity index (χ3n) is 4.05. The Kier molecular flexibility index (Phi) is 5.94. The zero-order valence-corrected chi connectivity index (χ0v) is 15.3. The highest BCUT2D eigenvalue weighted by Crippen LogP contribution is 2.27. The van der Waals surface area contributed by atoms with E-state index in [1.165, 1.54) is 33.1 Å². The maximum Gasteiger partial charge on any atom is 0.215 e. The molecule has 0 aliphatic carbocycles. The molecule has 3 rings (SSSR count). The molecule has 0 aliphatic heterocycles. The molecule has 0 radical (unpaired) electrons. The molecule has 0 amide bonds. The monoisotopic (exact) mass is 362 g/mol. The Hall–Kier alpha value is -2.22. The fourth-order valence-electron chi connectivity index (χ4n) is 2.81. The summed E-state index contributed by atoms with van der Waals surface area (Å²) in [6.07, 6.45) is 1.14. The van der Waals surface area contributed by atoms with Crippen LogP contribution in [0.25, 0.3) is 21.7 Å². The van der Waals surface area contributed by atoms with E-state index < -0.39 is 10.4 Å². The van der Waals surface area contributed by atoms with Crippen molar-refractivity contribution in [2.75, 3.05) is 11.9 Å². The fraction of sp³-hybridized carbons (Fsp3) is 0.278. The molecular formula is C18H22N2O4S. The average molecular weight is 362 g/mol. The molecule has 7 heteroatoms. The van der Waals surface area contributed by atoms with Gasteiger partial charge in [0, 0.05) is 30.6 Å². The van der Waals surface area contributed by atoms with Crippen LogP contribution in [0.1, 0.15) is 19.0 Å². The van der Waals surface area contributed by atoms with Crippen LogP contribution in [0.2, 0.25) is 0 Å². The third kappa shape index (κ3) is 4.88. The lowest BCUT2D eigenvalue weighted by Crippen LogP contribution is -2.33. The van der Waals surface area contributed by atoms with Crippen molar-refractivity contribution in [3.63, 3.8) is 0 Å². The van der Waals surface area contributed by atoms with Gasteiger partial charge >= 0.3 is 0 Å². The van der Waals surface area contributed by atoms with Crippen molar-refractivity contribution < 1.29 is 22.1 Å². The van der Waals surface area contributed by atoms with Crippen LogP contribution >= 0.6 is 0 Å². The van der Waals surface area contributed by atoms with E-state index in [4.69, 9.17) is 17.5 Å². The standard InChI is InChI=1S/C18H21N2.H2O4S/c1-4-11-19-14-9-10-15-16-7-5-6-8-18(16)20(3)13(2)17(15)12-14;1-5(2,3)4/h5-10,12,19H,4,11H2,1-3H3;(H2,1,2,3,4)/q+1;/p-1. The lowest BCUT2D eigenvalue weighted by molar-refractivity contribution is -0.649. The van der Waals surface area contributed by atoms with Crippen LogP contribution in [0.3, 0.4) is 0 Å². The minimum absolute atomic E-state index is 1.02. The Morgan fingerprint density at radius 2 is 1.76 bits per heavy atom. The second-order valence-corrected chi connectivity index (χ2v) is 6.63. The molecule has 6 nitrogen and oxygen atoms in total. The van der Waals surface area contributed by atoms with Gasteiger partial charge < -0.3 is 9.87 Å². The fourth-order valence-corrected chi connectivity index (χ4v) is 2.81. The second kappa shape index (κ2) is 7.77. The minimum Gasteiger partial charge on any atom is -0.726 e. The van der Waals surface area contributed by atoms with Crippen molar-refractivity contribution in [3.05, 3.63) is 48.2 Å². The number of aryl methyl sites for hydroxylation is 2. The number of nitrogens with zero attached hydrogens (tertiary/aromatic N) is 1. The van der Waals surface area contributed by atoms with Gasteiger partial charge in [0.05, 0.1) is 10.8 Å². The smallest absolute Gasteiger partial charge is 0.215 e. The van der Waals surface area contributed by atoms with Gasteiger partial charge in [-0.3, -0.25) is 4.55 Å². The Balaban J connectivity index is 0.000000399. The Labute approximate surface area is 147 Å². The molecule has 0 aliphatic rings. The third-order valence-corrected chi connectivity index (χ3v) is 4.05. The maximum absolute atomic E-state index is 8.63. The normalized spacial score (nSPS) is 11.2. The summed E-state index contributed by atoms with van der Waals surface area (Å²) in [5, 5.41) is 7.45. The van der Waals surface area contributed by atoms with Gasteiger partial charge in [-0.2, -0.15) is 4.57 Å². The number of hydrogen-bond donors (Lipinski definition) is 2. The predicted octanol–water partition coefficient (Wildman–Crippen LogP) is 2.95. The van der Waals surface area contributed by atoms with E-state index in [0.29, 0.717) is 0 Å². The van der Waals surface area contributed by atoms with Gasteiger partial charge in [-0.15, -0.1) is 0 Å². The van der Waals surface area contributed by atoms with Crippen LogP contribution in [0, 0.1) is 6.92 Å². The first-order valence-electron chi connectivity index (χ1n) is 7.95. The second-order valence-electron chi connectivity index (χ2n) is 5.78. The summed E-state index contributed by atoms with van der Waals surface area (Å²) >= 11 is 0. The first-order chi connectivity index (χ1) is 11.7. The van der Waals surface area contributed by atoms with Crippen molar-refractivity contribution in [1.82, 2.24) is 0 Å². The van der Waals surface area contributed by atoms with E-state index >= 15 is 0 Å². The molecule has 0 saturated carbocycles. The molecular weight excluding hydrogens is 340 g/mol. The molecule has 134 valence electrons. The number of nitrogens with one attached hydrogen (secondary N) is 1. The largest absolute Gasteiger partial charge is 0.726 e. The summed E-state index contributed by atoms with van der Waals surface area (Å²) in [4.78, 5) is 0. The number of anilines is 1. The molecule has 2 N–H and O–H groups in total. The number of para-hydroxylation sites is 1. The van der Waals surface area contributed by atoms with Crippen molar-refractivity contribution in [2.24, 2.45) is 7.05 Å². The Morgan fingerprint density at radius 3 is 2.40 bits per heavy atom. The van der Waals surface area contributed by atoms with Crippen molar-refractivity contribution in [3.8, 4) is 0 Å². The van der Waals surface area contributed by atoms with E-state index in [0.717, 1.165) is 13.0 Å². The van der Waals surface area contributed by atoms with Crippen LogP contribution in [0.5, 0.6) is 0 Å². The SMILES string of the molecule is CCCNc1ccc2c(c1)c(C)[n+](C)c1ccccc21.O=S(=O)([O-])O. The molecule has 0 fully saturated rings. The minimum atomic E-state index is -4.92. The zero-order valence-electron chi connectivity index (χ0n) is 14.5. The molecule has 3 aromatic rings. The van der Waals surface area contributed by atoms with Crippen molar-refractivity contribution >= 4 is 37.8 Å². The summed E-state index contributed by atoms with van der Waals surface area (Å²) in [7, 11) is -2.77. The number of rotatable bonds is 3. The molecule has 0 atom stereocenters. The number of fused-ring (bicyclic) bond motifs is 3. The number of benzene rings is 2. The van der Waals surface area contributed by atoms with Crippen LogP contribution < -0.4 is 9.88 Å². The van der Waals surface area contributed by atoms with Crippen LogP contribution in [0.15, 0.2) is 42.5 Å². The molecule has 0 spiro atoms. The van der Waals surface area contributed by atoms with Crippen LogP contribution in [-0.4, -0.2) is 24.1 Å². The molecule has 0 saturated heterocycles. The first kappa shape index (κ1) is 19.1. The summed E-state index contributed by atoms with van der Waals surface area (Å²) in [5.41, 5.74) is 3.79. The van der Waals surface area contributed by atoms with Gasteiger partial charge in [0.2, 0.25) is 15.9 Å². The molecule has 1 heterocycles. The summed E-state index contributed by atoms with van der Waals surface area (Å²) in [6, 6.07) is 15.3. The topological polar surface area (TPSA) is 93.3 Å².